The third kappa shape index (κ3) is 8.12. The highest BCUT2D eigenvalue weighted by Crippen LogP contribution is 2.12. The van der Waals surface area contributed by atoms with Crippen LogP contribution in [0.5, 0.6) is 0 Å². The fourth-order valence-corrected chi connectivity index (χ4v) is 2.76. The van der Waals surface area contributed by atoms with Crippen LogP contribution < -0.4 is 16.4 Å². The van der Waals surface area contributed by atoms with Gasteiger partial charge in [0.1, 0.15) is 12.6 Å². The molecule has 0 aliphatic heterocycles. The number of rotatable bonds is 8. The number of ketones is 1. The van der Waals surface area contributed by atoms with E-state index in [1.807, 2.05) is 24.1 Å². The van der Waals surface area contributed by atoms with Gasteiger partial charge in [-0.15, -0.1) is 0 Å². The number of Topliss-reactive ketones (excluding diaryl/α,β-unsaturated/α-hetero) is 1. The van der Waals surface area contributed by atoms with Crippen LogP contribution in [0.25, 0.3) is 0 Å². The highest BCUT2D eigenvalue weighted by molar-refractivity contribution is 5.98. The first-order chi connectivity index (χ1) is 16.0. The van der Waals surface area contributed by atoms with Crippen LogP contribution in [0, 0.1) is 11.8 Å². The Hall–Kier alpha value is -3.51. The van der Waals surface area contributed by atoms with Gasteiger partial charge in [-0.2, -0.15) is 0 Å². The summed E-state index contributed by atoms with van der Waals surface area (Å²) in [7, 11) is 1.91. The quantitative estimate of drug-likeness (QED) is 0.438. The molecule has 0 saturated carbocycles. The SMILES string of the molecule is CN(CC(=O)Nc1ccc(C#Cc2ccc(C(=O)N[C@@H](CN)C(=O)CO)cc2)cc1)C(C)(C)C. The van der Waals surface area contributed by atoms with Crippen LogP contribution in [-0.2, 0) is 9.59 Å². The van der Waals surface area contributed by atoms with Gasteiger partial charge in [-0.05, 0) is 76.3 Å². The number of aliphatic hydroxyl groups is 1. The van der Waals surface area contributed by atoms with Crippen LogP contribution in [0.1, 0.15) is 42.3 Å². The van der Waals surface area contributed by atoms with Gasteiger partial charge in [-0.1, -0.05) is 11.8 Å². The summed E-state index contributed by atoms with van der Waals surface area (Å²) in [6.45, 7) is 5.67. The van der Waals surface area contributed by atoms with E-state index in [9.17, 15) is 14.4 Å². The number of hydrogen-bond acceptors (Lipinski definition) is 6. The zero-order chi connectivity index (χ0) is 25.3. The number of carbonyl (C=O) groups excluding carboxylic acids is 3. The first-order valence-electron chi connectivity index (χ1n) is 10.9. The van der Waals surface area contributed by atoms with Crippen molar-refractivity contribution in [1.29, 1.82) is 0 Å². The number of nitrogens with one attached hydrogen (secondary N) is 2. The zero-order valence-corrected chi connectivity index (χ0v) is 20.0. The van der Waals surface area contributed by atoms with E-state index in [0.29, 0.717) is 23.4 Å². The Kier molecular flexibility index (Phi) is 9.51. The Bertz CT molecular complexity index is 1060. The van der Waals surface area contributed by atoms with E-state index in [1.165, 1.54) is 0 Å². The molecule has 0 bridgehead atoms. The topological polar surface area (TPSA) is 125 Å². The molecule has 0 fully saturated rings. The Morgan fingerprint density at radius 2 is 1.53 bits per heavy atom. The smallest absolute Gasteiger partial charge is 0.251 e. The molecule has 0 radical (unpaired) electrons. The van der Waals surface area contributed by atoms with Gasteiger partial charge in [0.15, 0.2) is 5.78 Å². The molecule has 2 rings (SSSR count). The minimum absolute atomic E-state index is 0.0844. The Balaban J connectivity index is 1.96. The standard InChI is InChI=1S/C26H32N4O4/c1-26(2,3)30(4)16-24(33)28-21-13-9-19(10-14-21)6-5-18-7-11-20(12-8-18)25(34)29-22(15-27)23(32)17-31/h7-14,22,31H,15-17,27H2,1-4H3,(H,28,33)(H,29,34)/t22-/m0/s1. The predicted molar refractivity (Wildman–Crippen MR) is 132 cm³/mol. The first-order valence-corrected chi connectivity index (χ1v) is 10.9. The first kappa shape index (κ1) is 26.7. The minimum Gasteiger partial charge on any atom is -0.388 e. The molecule has 8 nitrogen and oxygen atoms in total. The molecule has 0 unspecified atom stereocenters. The van der Waals surface area contributed by atoms with Crippen LogP contribution in [-0.4, -0.2) is 65.9 Å². The summed E-state index contributed by atoms with van der Waals surface area (Å²) in [5.74, 6) is 4.99. The fourth-order valence-electron chi connectivity index (χ4n) is 2.76. The number of likely N-dealkylation sites (N-methyl/N-ethyl adjacent to an activating group) is 1. The molecule has 1 atom stereocenters. The van der Waals surface area contributed by atoms with Crippen molar-refractivity contribution in [2.24, 2.45) is 5.73 Å². The maximum absolute atomic E-state index is 12.3. The second-order valence-corrected chi connectivity index (χ2v) is 8.87. The highest BCUT2D eigenvalue weighted by atomic mass is 16.3. The Morgan fingerprint density at radius 1 is 1.00 bits per heavy atom. The molecule has 2 aromatic carbocycles. The van der Waals surface area contributed by atoms with Gasteiger partial charge in [-0.25, -0.2) is 0 Å². The van der Waals surface area contributed by atoms with Gasteiger partial charge >= 0.3 is 0 Å². The summed E-state index contributed by atoms with van der Waals surface area (Å²) in [5, 5.41) is 14.3. The number of benzene rings is 2. The Labute approximate surface area is 200 Å². The molecule has 2 amide bonds. The van der Waals surface area contributed by atoms with Crippen LogP contribution in [0.2, 0.25) is 0 Å². The largest absolute Gasteiger partial charge is 0.388 e. The lowest BCUT2D eigenvalue weighted by Crippen LogP contribution is -2.46. The lowest BCUT2D eigenvalue weighted by Gasteiger charge is -2.31. The van der Waals surface area contributed by atoms with Gasteiger partial charge in [0.25, 0.3) is 5.91 Å². The number of hydrogen-bond donors (Lipinski definition) is 4. The van der Waals surface area contributed by atoms with Crippen molar-refractivity contribution in [3.8, 4) is 11.8 Å². The van der Waals surface area contributed by atoms with E-state index in [-0.39, 0.29) is 18.0 Å². The average Bonchev–Trinajstić information content (AvgIpc) is 2.81. The molecule has 8 heteroatoms. The summed E-state index contributed by atoms with van der Waals surface area (Å²) in [5.41, 5.74) is 7.92. The maximum Gasteiger partial charge on any atom is 0.251 e. The molecule has 0 aliphatic rings. The number of nitrogens with zero attached hydrogens (tertiary/aromatic N) is 1. The van der Waals surface area contributed by atoms with E-state index in [1.54, 1.807) is 36.4 Å². The van der Waals surface area contributed by atoms with Gasteiger partial charge in [0.05, 0.1) is 6.54 Å². The molecular weight excluding hydrogens is 432 g/mol. The average molecular weight is 465 g/mol. The molecule has 2 aromatic rings. The molecule has 0 saturated heterocycles. The summed E-state index contributed by atoms with van der Waals surface area (Å²) >= 11 is 0. The van der Waals surface area contributed by atoms with Crippen LogP contribution >= 0.6 is 0 Å². The maximum atomic E-state index is 12.3. The van der Waals surface area contributed by atoms with E-state index >= 15 is 0 Å². The number of nitrogens with two attached hydrogens (primary N) is 1. The lowest BCUT2D eigenvalue weighted by atomic mass is 10.1. The normalized spacial score (nSPS) is 11.9. The monoisotopic (exact) mass is 464 g/mol. The van der Waals surface area contributed by atoms with Crippen molar-refractivity contribution in [2.45, 2.75) is 32.4 Å². The number of amides is 2. The molecule has 0 aromatic heterocycles. The summed E-state index contributed by atoms with van der Waals surface area (Å²) in [6.07, 6.45) is 0. The van der Waals surface area contributed by atoms with Crippen molar-refractivity contribution in [1.82, 2.24) is 10.2 Å². The van der Waals surface area contributed by atoms with E-state index in [4.69, 9.17) is 10.8 Å². The summed E-state index contributed by atoms with van der Waals surface area (Å²) in [6, 6.07) is 12.9. The van der Waals surface area contributed by atoms with Gasteiger partial charge in [0, 0.05) is 34.5 Å². The molecule has 0 spiro atoms. The summed E-state index contributed by atoms with van der Waals surface area (Å²) < 4.78 is 0. The van der Waals surface area contributed by atoms with E-state index in [2.05, 4.69) is 43.2 Å². The van der Waals surface area contributed by atoms with Crippen molar-refractivity contribution < 1.29 is 19.5 Å². The van der Waals surface area contributed by atoms with Crippen molar-refractivity contribution in [3.05, 3.63) is 65.2 Å². The molecule has 180 valence electrons. The molecule has 0 heterocycles. The molecule has 0 aliphatic carbocycles. The van der Waals surface area contributed by atoms with Gasteiger partial charge < -0.3 is 21.5 Å². The Morgan fingerprint density at radius 3 is 2.00 bits per heavy atom. The number of anilines is 1. The van der Waals surface area contributed by atoms with Crippen LogP contribution in [0.15, 0.2) is 48.5 Å². The van der Waals surface area contributed by atoms with E-state index < -0.39 is 24.3 Å². The number of aliphatic hydroxyl groups excluding tert-OH is 1. The van der Waals surface area contributed by atoms with Crippen molar-refractivity contribution in [3.63, 3.8) is 0 Å². The molecule has 5 N–H and O–H groups in total. The van der Waals surface area contributed by atoms with E-state index in [0.717, 1.165) is 5.56 Å². The van der Waals surface area contributed by atoms with Crippen molar-refractivity contribution in [2.75, 3.05) is 32.1 Å². The third-order valence-electron chi connectivity index (χ3n) is 5.28. The fraction of sp³-hybridized carbons (Fsp3) is 0.346. The second-order valence-electron chi connectivity index (χ2n) is 8.87. The van der Waals surface area contributed by atoms with Gasteiger partial charge in [0.2, 0.25) is 5.91 Å². The lowest BCUT2D eigenvalue weighted by molar-refractivity contribution is -0.123. The van der Waals surface area contributed by atoms with Gasteiger partial charge in [-0.3, -0.25) is 19.3 Å². The highest BCUT2D eigenvalue weighted by Gasteiger charge is 2.20. The molecule has 34 heavy (non-hydrogen) atoms. The number of carbonyl (C=O) groups is 3. The predicted octanol–water partition coefficient (Wildman–Crippen LogP) is 1.37. The van der Waals surface area contributed by atoms with Crippen LogP contribution in [0.4, 0.5) is 5.69 Å². The minimum atomic E-state index is -0.927. The van der Waals surface area contributed by atoms with Crippen molar-refractivity contribution >= 4 is 23.3 Å². The molecular formula is C26H32N4O4. The third-order valence-corrected chi connectivity index (χ3v) is 5.28. The zero-order valence-electron chi connectivity index (χ0n) is 20.0. The van der Waals surface area contributed by atoms with Crippen LogP contribution in [0.3, 0.4) is 0 Å². The summed E-state index contributed by atoms with van der Waals surface area (Å²) in [4.78, 5) is 38.0. The second kappa shape index (κ2) is 12.1.